The van der Waals surface area contributed by atoms with Crippen LogP contribution in [-0.2, 0) is 4.74 Å². The molecule has 1 unspecified atom stereocenters. The number of nitrogens with one attached hydrogen (secondary N) is 1. The maximum atomic E-state index is 6.09. The Hall–Kier alpha value is -1.65. The van der Waals surface area contributed by atoms with E-state index in [1.807, 2.05) is 30.3 Å². The number of aromatic nitrogens is 1. The van der Waals surface area contributed by atoms with Crippen molar-refractivity contribution in [1.29, 1.82) is 0 Å². The topological polar surface area (TPSA) is 43.4 Å². The minimum absolute atomic E-state index is 0.0202. The maximum Gasteiger partial charge on any atom is 0.134 e. The first kappa shape index (κ1) is 14.8. The van der Waals surface area contributed by atoms with E-state index >= 15 is 0 Å². The molecule has 0 aliphatic rings. The van der Waals surface area contributed by atoms with Crippen molar-refractivity contribution in [3.8, 4) is 5.75 Å². The van der Waals surface area contributed by atoms with Crippen molar-refractivity contribution in [2.24, 2.45) is 0 Å². The molecule has 0 spiro atoms. The second kappa shape index (κ2) is 7.22. The molecule has 0 fully saturated rings. The summed E-state index contributed by atoms with van der Waals surface area (Å²) in [5.74, 6) is 0.850. The third kappa shape index (κ3) is 3.92. The lowest BCUT2D eigenvalue weighted by Gasteiger charge is -2.21. The predicted octanol–water partition coefficient (Wildman–Crippen LogP) is 2.63. The second-order valence-electron chi connectivity index (χ2n) is 5.08. The molecule has 0 radical (unpaired) electrons. The van der Waals surface area contributed by atoms with Gasteiger partial charge in [0.05, 0.1) is 12.1 Å². The van der Waals surface area contributed by atoms with Crippen molar-refractivity contribution in [1.82, 2.24) is 10.3 Å². The van der Waals surface area contributed by atoms with Crippen molar-refractivity contribution in [3.05, 3.63) is 36.5 Å². The lowest BCUT2D eigenvalue weighted by atomic mass is 10.2. The molecular weight excluding hydrogens is 252 g/mol. The number of nitrogens with zero attached hydrogens (tertiary/aromatic N) is 1. The van der Waals surface area contributed by atoms with Gasteiger partial charge in [0, 0.05) is 31.3 Å². The van der Waals surface area contributed by atoms with E-state index in [0.29, 0.717) is 12.6 Å². The van der Waals surface area contributed by atoms with Crippen LogP contribution in [0.5, 0.6) is 5.75 Å². The summed E-state index contributed by atoms with van der Waals surface area (Å²) >= 11 is 0. The lowest BCUT2D eigenvalue weighted by molar-refractivity contribution is 0.0804. The fourth-order valence-corrected chi connectivity index (χ4v) is 2.05. The molecule has 0 aliphatic carbocycles. The second-order valence-corrected chi connectivity index (χ2v) is 5.08. The van der Waals surface area contributed by atoms with Gasteiger partial charge in [0.2, 0.25) is 0 Å². The van der Waals surface area contributed by atoms with Crippen LogP contribution in [-0.4, -0.2) is 37.4 Å². The number of hydrogen-bond acceptors (Lipinski definition) is 4. The zero-order valence-electron chi connectivity index (χ0n) is 12.3. The van der Waals surface area contributed by atoms with Gasteiger partial charge in [-0.05, 0) is 24.3 Å². The number of pyridine rings is 1. The molecule has 0 saturated carbocycles. The SMILES string of the molecule is COCC(CNC(C)C)Oc1cccc2ncccc12. The van der Waals surface area contributed by atoms with Gasteiger partial charge in [-0.1, -0.05) is 19.9 Å². The molecule has 1 N–H and O–H groups in total. The van der Waals surface area contributed by atoms with E-state index in [0.717, 1.165) is 23.2 Å². The number of rotatable bonds is 7. The summed E-state index contributed by atoms with van der Waals surface area (Å²) in [5.41, 5.74) is 0.943. The molecule has 1 aromatic carbocycles. The quantitative estimate of drug-likeness (QED) is 0.843. The summed E-state index contributed by atoms with van der Waals surface area (Å²) in [6, 6.07) is 10.3. The molecule has 1 aromatic heterocycles. The van der Waals surface area contributed by atoms with Crippen LogP contribution >= 0.6 is 0 Å². The smallest absolute Gasteiger partial charge is 0.134 e. The molecule has 0 bridgehead atoms. The summed E-state index contributed by atoms with van der Waals surface area (Å²) < 4.78 is 11.3. The molecule has 0 aliphatic heterocycles. The Morgan fingerprint density at radius 3 is 2.80 bits per heavy atom. The predicted molar refractivity (Wildman–Crippen MR) is 81.2 cm³/mol. The Balaban J connectivity index is 2.15. The van der Waals surface area contributed by atoms with Gasteiger partial charge in [0.25, 0.3) is 0 Å². The number of hydrogen-bond donors (Lipinski definition) is 1. The van der Waals surface area contributed by atoms with Crippen LogP contribution < -0.4 is 10.1 Å². The molecule has 108 valence electrons. The van der Waals surface area contributed by atoms with Gasteiger partial charge in [-0.25, -0.2) is 0 Å². The Morgan fingerprint density at radius 2 is 2.05 bits per heavy atom. The number of benzene rings is 1. The number of methoxy groups -OCH3 is 1. The molecular formula is C16H22N2O2. The third-order valence-electron chi connectivity index (χ3n) is 3.01. The minimum Gasteiger partial charge on any atom is -0.486 e. The first-order valence-corrected chi connectivity index (χ1v) is 6.93. The van der Waals surface area contributed by atoms with E-state index in [1.54, 1.807) is 13.3 Å². The average molecular weight is 274 g/mol. The maximum absolute atomic E-state index is 6.09. The Morgan fingerprint density at radius 1 is 1.20 bits per heavy atom. The first-order chi connectivity index (χ1) is 9.70. The highest BCUT2D eigenvalue weighted by molar-refractivity contribution is 5.84. The zero-order valence-corrected chi connectivity index (χ0v) is 12.3. The molecule has 2 rings (SSSR count). The zero-order chi connectivity index (χ0) is 14.4. The molecule has 0 amide bonds. The number of fused-ring (bicyclic) bond motifs is 1. The van der Waals surface area contributed by atoms with Crippen molar-refractivity contribution >= 4 is 10.9 Å². The van der Waals surface area contributed by atoms with Crippen molar-refractivity contribution in [3.63, 3.8) is 0 Å². The summed E-state index contributed by atoms with van der Waals surface area (Å²) in [6.07, 6.45) is 1.77. The van der Waals surface area contributed by atoms with E-state index in [1.165, 1.54) is 0 Å². The largest absolute Gasteiger partial charge is 0.486 e. The van der Waals surface area contributed by atoms with Crippen LogP contribution in [0.4, 0.5) is 0 Å². The van der Waals surface area contributed by atoms with Gasteiger partial charge in [0.15, 0.2) is 0 Å². The van der Waals surface area contributed by atoms with Gasteiger partial charge in [-0.3, -0.25) is 4.98 Å². The first-order valence-electron chi connectivity index (χ1n) is 6.93. The Kier molecular flexibility index (Phi) is 5.32. The molecule has 0 saturated heterocycles. The van der Waals surface area contributed by atoms with E-state index in [4.69, 9.17) is 9.47 Å². The van der Waals surface area contributed by atoms with Gasteiger partial charge < -0.3 is 14.8 Å². The number of ether oxygens (including phenoxy) is 2. The van der Waals surface area contributed by atoms with Crippen LogP contribution in [0, 0.1) is 0 Å². The summed E-state index contributed by atoms with van der Waals surface area (Å²) in [5, 5.41) is 4.41. The van der Waals surface area contributed by atoms with E-state index in [2.05, 4.69) is 24.1 Å². The van der Waals surface area contributed by atoms with Crippen LogP contribution in [0.2, 0.25) is 0 Å². The van der Waals surface area contributed by atoms with Crippen molar-refractivity contribution < 1.29 is 9.47 Å². The third-order valence-corrected chi connectivity index (χ3v) is 3.01. The Bertz CT molecular complexity index is 537. The van der Waals surface area contributed by atoms with E-state index < -0.39 is 0 Å². The highest BCUT2D eigenvalue weighted by Gasteiger charge is 2.12. The van der Waals surface area contributed by atoms with Gasteiger partial charge in [-0.2, -0.15) is 0 Å². The molecule has 1 heterocycles. The van der Waals surface area contributed by atoms with Crippen LogP contribution in [0.3, 0.4) is 0 Å². The normalized spacial score (nSPS) is 12.8. The van der Waals surface area contributed by atoms with Crippen LogP contribution in [0.1, 0.15) is 13.8 Å². The summed E-state index contributed by atoms with van der Waals surface area (Å²) in [6.45, 7) is 5.54. The molecule has 4 heteroatoms. The van der Waals surface area contributed by atoms with Crippen LogP contribution in [0.25, 0.3) is 10.9 Å². The fraction of sp³-hybridized carbons (Fsp3) is 0.438. The highest BCUT2D eigenvalue weighted by atomic mass is 16.5. The van der Waals surface area contributed by atoms with Gasteiger partial charge >= 0.3 is 0 Å². The van der Waals surface area contributed by atoms with Crippen molar-refractivity contribution in [2.75, 3.05) is 20.3 Å². The highest BCUT2D eigenvalue weighted by Crippen LogP contribution is 2.24. The monoisotopic (exact) mass is 274 g/mol. The lowest BCUT2D eigenvalue weighted by Crippen LogP contribution is -2.38. The summed E-state index contributed by atoms with van der Waals surface area (Å²) in [7, 11) is 1.69. The minimum atomic E-state index is -0.0202. The standard InChI is InChI=1S/C16H22N2O2/c1-12(2)18-10-13(11-19-3)20-16-8-4-7-15-14(16)6-5-9-17-15/h4-9,12-13,18H,10-11H2,1-3H3. The Labute approximate surface area is 120 Å². The van der Waals surface area contributed by atoms with Gasteiger partial charge in [-0.15, -0.1) is 0 Å². The van der Waals surface area contributed by atoms with Crippen LogP contribution in [0.15, 0.2) is 36.5 Å². The fourth-order valence-electron chi connectivity index (χ4n) is 2.05. The van der Waals surface area contributed by atoms with E-state index in [9.17, 15) is 0 Å². The summed E-state index contributed by atoms with van der Waals surface area (Å²) in [4.78, 5) is 4.34. The van der Waals surface area contributed by atoms with Gasteiger partial charge in [0.1, 0.15) is 11.9 Å². The molecule has 20 heavy (non-hydrogen) atoms. The average Bonchev–Trinajstić information content (AvgIpc) is 2.45. The molecule has 4 nitrogen and oxygen atoms in total. The van der Waals surface area contributed by atoms with E-state index in [-0.39, 0.29) is 6.10 Å². The van der Waals surface area contributed by atoms with Crippen molar-refractivity contribution in [2.45, 2.75) is 26.0 Å². The molecule has 1 atom stereocenters. The molecule has 2 aromatic rings.